The highest BCUT2D eigenvalue weighted by molar-refractivity contribution is 3.81. The number of hydrogen-bond acceptors (Lipinski definition) is 2. The Balaban J connectivity index is 2.19. The van der Waals surface area contributed by atoms with E-state index in [1.807, 2.05) is 0 Å². The van der Waals surface area contributed by atoms with Gasteiger partial charge in [0.05, 0.1) is 0 Å². The minimum atomic E-state index is -0.656. The minimum absolute atomic E-state index is 0.469. The summed E-state index contributed by atoms with van der Waals surface area (Å²) in [6.07, 6.45) is 0. The topological polar surface area (TPSA) is 49.4 Å². The lowest BCUT2D eigenvalue weighted by atomic mass is 11.4. The summed E-state index contributed by atoms with van der Waals surface area (Å²) >= 11 is 0. The summed E-state index contributed by atoms with van der Waals surface area (Å²) in [6, 6.07) is 0. The molecule has 0 atom stereocenters. The molecule has 3 nitrogen and oxygen atoms in total. The normalized spacial score (nSPS) is 8.40. The third kappa shape index (κ3) is 3.88. The van der Waals surface area contributed by atoms with E-state index in [1.54, 1.807) is 0 Å². The van der Waals surface area contributed by atoms with Crippen LogP contribution >= 0.6 is 0 Å². The molecule has 0 aliphatic heterocycles. The molecule has 5 heavy (non-hydrogen) atoms. The molecular formula is C2H5O3. The van der Waals surface area contributed by atoms with E-state index in [9.17, 15) is 0 Å². The third-order valence-corrected chi connectivity index (χ3v) is 0.175. The van der Waals surface area contributed by atoms with Gasteiger partial charge in [0.2, 0.25) is 0 Å². The molecule has 0 fully saturated rings. The van der Waals surface area contributed by atoms with Gasteiger partial charge in [0, 0.05) is 0 Å². The van der Waals surface area contributed by atoms with Crippen molar-refractivity contribution in [1.29, 1.82) is 0 Å². The van der Waals surface area contributed by atoms with Gasteiger partial charge < -0.3 is 9.84 Å². The number of hydrogen-bond donors (Lipinski definition) is 1. The van der Waals surface area contributed by atoms with Crippen molar-refractivity contribution in [2.75, 3.05) is 13.6 Å². The molecule has 3 heteroatoms. The van der Waals surface area contributed by atoms with Crippen molar-refractivity contribution in [2.24, 2.45) is 0 Å². The Labute approximate surface area is 29.8 Å². The molecule has 1 N–H and O–H groups in total. The molecule has 0 aromatic rings. The van der Waals surface area contributed by atoms with Crippen LogP contribution in [-0.2, 0) is 9.84 Å². The Kier molecular flexibility index (Phi) is 3.79. The second kappa shape index (κ2) is 3.88. The number of rotatable bonds is 2. The molecule has 0 aromatic heterocycles. The van der Waals surface area contributed by atoms with Crippen molar-refractivity contribution in [3.05, 3.63) is 0 Å². The molecular weight excluding hydrogens is 72.0 g/mol. The Morgan fingerprint density at radius 3 is 2.40 bits per heavy atom. The zero-order chi connectivity index (χ0) is 4.12. The molecule has 0 heterocycles. The summed E-state index contributed by atoms with van der Waals surface area (Å²) in [5.74, 6) is 0. The highest BCUT2D eigenvalue weighted by Crippen LogP contribution is 1.58. The lowest BCUT2D eigenvalue weighted by Crippen LogP contribution is -1.89. The Hall–Kier alpha value is -0.120. The van der Waals surface area contributed by atoms with Crippen LogP contribution in [0.5, 0.6) is 0 Å². The second-order valence-electron chi connectivity index (χ2n) is 0.451. The largest absolute Gasteiger partial charge is 0.371 e. The maximum Gasteiger partial charge on any atom is 0.183 e. The van der Waals surface area contributed by atoms with Gasteiger partial charge in [-0.25, -0.2) is 5.11 Å². The van der Waals surface area contributed by atoms with E-state index in [-0.39, 0.29) is 0 Å². The molecule has 0 saturated heterocycles. The average Bonchev–Trinajstić information content (AvgIpc) is 1.41. The molecule has 0 aliphatic carbocycles. The lowest BCUT2D eigenvalue weighted by Gasteiger charge is -1.82. The second-order valence-corrected chi connectivity index (χ2v) is 0.451. The molecule has 0 rings (SSSR count). The number of ether oxygens (including phenoxy) is 1. The predicted octanol–water partition coefficient (Wildman–Crippen LogP) is -0.659. The van der Waals surface area contributed by atoms with Crippen LogP contribution in [0, 0.1) is 0 Å². The van der Waals surface area contributed by atoms with Crippen LogP contribution in [-0.4, -0.2) is 18.7 Å². The van der Waals surface area contributed by atoms with E-state index in [0.29, 0.717) is 0 Å². The first kappa shape index (κ1) is 4.88. The first-order chi connectivity index (χ1) is 2.41. The molecule has 0 spiro atoms. The number of aliphatic hydroxyl groups excluding tert-OH is 1. The molecule has 0 aromatic carbocycles. The summed E-state index contributed by atoms with van der Waals surface area (Å²) in [4.78, 5) is 0. The van der Waals surface area contributed by atoms with Gasteiger partial charge in [0.15, 0.2) is 6.79 Å². The number of aliphatic hydroxyl groups is 1. The third-order valence-electron chi connectivity index (χ3n) is 0.175. The SMILES string of the molecule is [O]COCO. The van der Waals surface area contributed by atoms with Crippen LogP contribution in [0.2, 0.25) is 0 Å². The fourth-order valence-electron chi connectivity index (χ4n) is 0.0373. The maximum atomic E-state index is 9.15. The van der Waals surface area contributed by atoms with Crippen LogP contribution in [0.4, 0.5) is 0 Å². The van der Waals surface area contributed by atoms with Crippen LogP contribution in [0.25, 0.3) is 0 Å². The summed E-state index contributed by atoms with van der Waals surface area (Å²) in [5.41, 5.74) is 0. The van der Waals surface area contributed by atoms with Gasteiger partial charge >= 0.3 is 0 Å². The first-order valence-electron chi connectivity index (χ1n) is 1.18. The van der Waals surface area contributed by atoms with E-state index < -0.39 is 13.6 Å². The Bertz CT molecular complexity index is 12.4. The zero-order valence-electron chi connectivity index (χ0n) is 2.68. The molecule has 31 valence electrons. The first-order valence-corrected chi connectivity index (χ1v) is 1.18. The van der Waals surface area contributed by atoms with Gasteiger partial charge in [0.1, 0.15) is 6.79 Å². The van der Waals surface area contributed by atoms with Crippen LogP contribution in [0.1, 0.15) is 0 Å². The lowest BCUT2D eigenvalue weighted by molar-refractivity contribution is -0.103. The van der Waals surface area contributed by atoms with E-state index in [2.05, 4.69) is 4.74 Å². The van der Waals surface area contributed by atoms with Crippen molar-refractivity contribution in [3.63, 3.8) is 0 Å². The van der Waals surface area contributed by atoms with Crippen LogP contribution in [0.15, 0.2) is 0 Å². The smallest absolute Gasteiger partial charge is 0.183 e. The van der Waals surface area contributed by atoms with Gasteiger partial charge in [-0.2, -0.15) is 0 Å². The molecule has 0 unspecified atom stereocenters. The van der Waals surface area contributed by atoms with Crippen molar-refractivity contribution >= 4 is 0 Å². The summed E-state index contributed by atoms with van der Waals surface area (Å²) in [5, 5.41) is 16.8. The van der Waals surface area contributed by atoms with Gasteiger partial charge in [-0.05, 0) is 0 Å². The highest BCUT2D eigenvalue weighted by atomic mass is 16.6. The summed E-state index contributed by atoms with van der Waals surface area (Å²) in [6.45, 7) is -1.12. The van der Waals surface area contributed by atoms with Crippen molar-refractivity contribution < 1.29 is 14.9 Å². The minimum Gasteiger partial charge on any atom is -0.371 e. The van der Waals surface area contributed by atoms with E-state index in [0.717, 1.165) is 0 Å². The summed E-state index contributed by atoms with van der Waals surface area (Å²) in [7, 11) is 0. The van der Waals surface area contributed by atoms with E-state index in [1.165, 1.54) is 0 Å². The van der Waals surface area contributed by atoms with Crippen molar-refractivity contribution in [3.8, 4) is 0 Å². The predicted molar refractivity (Wildman–Crippen MR) is 13.7 cm³/mol. The fourth-order valence-corrected chi connectivity index (χ4v) is 0.0373. The van der Waals surface area contributed by atoms with Crippen molar-refractivity contribution in [2.45, 2.75) is 0 Å². The molecule has 0 aliphatic rings. The Morgan fingerprint density at radius 1 is 1.80 bits per heavy atom. The monoisotopic (exact) mass is 77.0 g/mol. The average molecular weight is 77.1 g/mol. The quantitative estimate of drug-likeness (QED) is 0.445. The van der Waals surface area contributed by atoms with Crippen molar-refractivity contribution in [1.82, 2.24) is 0 Å². The maximum absolute atomic E-state index is 9.15. The standard InChI is InChI=1S/C2H5O3/c3-1-5-2-4/h3H,1-2H2. The van der Waals surface area contributed by atoms with Crippen LogP contribution < -0.4 is 0 Å². The molecule has 0 bridgehead atoms. The van der Waals surface area contributed by atoms with E-state index >= 15 is 0 Å². The molecule has 0 saturated carbocycles. The van der Waals surface area contributed by atoms with Gasteiger partial charge in [-0.15, -0.1) is 0 Å². The van der Waals surface area contributed by atoms with E-state index in [4.69, 9.17) is 10.2 Å². The summed E-state index contributed by atoms with van der Waals surface area (Å²) < 4.78 is 3.83. The van der Waals surface area contributed by atoms with Gasteiger partial charge in [-0.3, -0.25) is 0 Å². The van der Waals surface area contributed by atoms with Gasteiger partial charge in [-0.1, -0.05) is 0 Å². The molecule has 0 amide bonds. The Morgan fingerprint density at radius 2 is 2.40 bits per heavy atom. The fraction of sp³-hybridized carbons (Fsp3) is 1.00. The highest BCUT2D eigenvalue weighted by Gasteiger charge is 1.68. The zero-order valence-corrected chi connectivity index (χ0v) is 2.68. The van der Waals surface area contributed by atoms with Crippen LogP contribution in [0.3, 0.4) is 0 Å². The van der Waals surface area contributed by atoms with Gasteiger partial charge in [0.25, 0.3) is 0 Å². The molecule has 1 radical (unpaired) electrons.